The molecule has 2 unspecified atom stereocenters. The van der Waals surface area contributed by atoms with Crippen molar-refractivity contribution < 1.29 is 13.2 Å². The highest BCUT2D eigenvalue weighted by Gasteiger charge is 2.26. The lowest BCUT2D eigenvalue weighted by molar-refractivity contribution is 0.0730. The van der Waals surface area contributed by atoms with Crippen LogP contribution >= 0.6 is 0 Å². The number of nitrogens with one attached hydrogen (secondary N) is 1. The lowest BCUT2D eigenvalue weighted by Gasteiger charge is -2.37. The molecule has 2 fully saturated rings. The largest absolute Gasteiger partial charge is 0.379 e. The third-order valence-electron chi connectivity index (χ3n) is 4.39. The van der Waals surface area contributed by atoms with E-state index < -0.39 is 10.0 Å². The van der Waals surface area contributed by atoms with Crippen molar-refractivity contribution in [3.05, 3.63) is 0 Å². The average Bonchev–Trinajstić information content (AvgIpc) is 2.51. The maximum atomic E-state index is 12.3. The van der Waals surface area contributed by atoms with E-state index in [1.807, 2.05) is 0 Å². The fourth-order valence-electron chi connectivity index (χ4n) is 3.41. The SMILES string of the molecule is CN=C(NCCS(=O)(=O)N1CCOCC1)N1CC(C)CC(C)C1. The van der Waals surface area contributed by atoms with Crippen molar-refractivity contribution >= 4 is 16.0 Å². The van der Waals surface area contributed by atoms with E-state index >= 15 is 0 Å². The monoisotopic (exact) mass is 346 g/mol. The maximum Gasteiger partial charge on any atom is 0.215 e. The summed E-state index contributed by atoms with van der Waals surface area (Å²) < 4.78 is 31.4. The topological polar surface area (TPSA) is 74.2 Å². The van der Waals surface area contributed by atoms with Crippen LogP contribution in [0.3, 0.4) is 0 Å². The summed E-state index contributed by atoms with van der Waals surface area (Å²) in [5.41, 5.74) is 0. The van der Waals surface area contributed by atoms with Crippen LogP contribution in [0.25, 0.3) is 0 Å². The minimum atomic E-state index is -3.22. The molecule has 0 bridgehead atoms. The molecule has 8 heteroatoms. The van der Waals surface area contributed by atoms with E-state index in [2.05, 4.69) is 29.1 Å². The summed E-state index contributed by atoms with van der Waals surface area (Å²) in [4.78, 5) is 6.55. The predicted molar refractivity (Wildman–Crippen MR) is 92.1 cm³/mol. The van der Waals surface area contributed by atoms with Crippen LogP contribution in [0.1, 0.15) is 20.3 Å². The van der Waals surface area contributed by atoms with Gasteiger partial charge in [0, 0.05) is 39.8 Å². The van der Waals surface area contributed by atoms with E-state index in [1.165, 1.54) is 10.7 Å². The number of guanidine groups is 1. The van der Waals surface area contributed by atoms with E-state index in [0.717, 1.165) is 19.0 Å². The molecule has 0 aromatic heterocycles. The predicted octanol–water partition coefficient (Wildman–Crippen LogP) is 0.202. The Kier molecular flexibility index (Phi) is 6.67. The number of sulfonamides is 1. The van der Waals surface area contributed by atoms with Crippen molar-refractivity contribution in [2.45, 2.75) is 20.3 Å². The quantitative estimate of drug-likeness (QED) is 0.581. The summed E-state index contributed by atoms with van der Waals surface area (Å²) in [6.07, 6.45) is 1.24. The van der Waals surface area contributed by atoms with Crippen molar-refractivity contribution in [3.8, 4) is 0 Å². The van der Waals surface area contributed by atoms with Crippen LogP contribution in [-0.2, 0) is 14.8 Å². The van der Waals surface area contributed by atoms with Gasteiger partial charge in [-0.2, -0.15) is 4.31 Å². The Morgan fingerprint density at radius 3 is 2.39 bits per heavy atom. The number of rotatable bonds is 4. The summed E-state index contributed by atoms with van der Waals surface area (Å²) in [5, 5.41) is 3.21. The fraction of sp³-hybridized carbons (Fsp3) is 0.933. The zero-order valence-electron chi connectivity index (χ0n) is 14.5. The van der Waals surface area contributed by atoms with Crippen LogP contribution < -0.4 is 5.32 Å². The van der Waals surface area contributed by atoms with Crippen LogP contribution in [0.4, 0.5) is 0 Å². The Hall–Kier alpha value is -0.860. The highest BCUT2D eigenvalue weighted by molar-refractivity contribution is 7.89. The molecule has 0 aromatic rings. The van der Waals surface area contributed by atoms with Gasteiger partial charge in [0.1, 0.15) is 0 Å². The van der Waals surface area contributed by atoms with Crippen molar-refractivity contribution in [2.24, 2.45) is 16.8 Å². The number of hydrogen-bond donors (Lipinski definition) is 1. The standard InChI is InChI=1S/C15H30N4O3S/c1-13-10-14(2)12-18(11-13)15(16-3)17-4-9-23(20,21)19-5-7-22-8-6-19/h13-14H,4-12H2,1-3H3,(H,16,17). The van der Waals surface area contributed by atoms with Crippen molar-refractivity contribution in [3.63, 3.8) is 0 Å². The molecular formula is C15H30N4O3S. The van der Waals surface area contributed by atoms with E-state index in [0.29, 0.717) is 44.7 Å². The van der Waals surface area contributed by atoms with Crippen molar-refractivity contribution in [1.82, 2.24) is 14.5 Å². The van der Waals surface area contributed by atoms with Gasteiger partial charge in [-0.05, 0) is 18.3 Å². The molecule has 0 spiro atoms. The Bertz CT molecular complexity index is 493. The minimum absolute atomic E-state index is 0.0883. The molecule has 2 aliphatic heterocycles. The molecular weight excluding hydrogens is 316 g/mol. The van der Waals surface area contributed by atoms with Gasteiger partial charge < -0.3 is 15.0 Å². The normalized spacial score (nSPS) is 28.0. The summed E-state index contributed by atoms with van der Waals surface area (Å²) >= 11 is 0. The second-order valence-electron chi connectivity index (χ2n) is 6.65. The van der Waals surface area contributed by atoms with Crippen LogP contribution in [-0.4, -0.2) is 82.3 Å². The van der Waals surface area contributed by atoms with E-state index in [1.54, 1.807) is 7.05 Å². The van der Waals surface area contributed by atoms with Gasteiger partial charge in [-0.25, -0.2) is 8.42 Å². The Morgan fingerprint density at radius 2 is 1.83 bits per heavy atom. The smallest absolute Gasteiger partial charge is 0.215 e. The van der Waals surface area contributed by atoms with Crippen LogP contribution in [0.5, 0.6) is 0 Å². The number of aliphatic imine (C=N–C) groups is 1. The minimum Gasteiger partial charge on any atom is -0.379 e. The average molecular weight is 346 g/mol. The molecule has 2 heterocycles. The highest BCUT2D eigenvalue weighted by atomic mass is 32.2. The highest BCUT2D eigenvalue weighted by Crippen LogP contribution is 2.20. The van der Waals surface area contributed by atoms with Gasteiger partial charge in [0.05, 0.1) is 19.0 Å². The van der Waals surface area contributed by atoms with Gasteiger partial charge in [-0.3, -0.25) is 4.99 Å². The lowest BCUT2D eigenvalue weighted by Crippen LogP contribution is -2.50. The molecule has 2 aliphatic rings. The molecule has 0 aromatic carbocycles. The van der Waals surface area contributed by atoms with Gasteiger partial charge in [-0.1, -0.05) is 13.8 Å². The molecule has 0 amide bonds. The fourth-order valence-corrected chi connectivity index (χ4v) is 4.74. The molecule has 2 atom stereocenters. The number of nitrogens with zero attached hydrogens (tertiary/aromatic N) is 3. The van der Waals surface area contributed by atoms with Gasteiger partial charge in [0.2, 0.25) is 10.0 Å². The third kappa shape index (κ3) is 5.32. The summed E-state index contributed by atoms with van der Waals surface area (Å²) in [7, 11) is -1.47. The number of morpholine rings is 1. The van der Waals surface area contributed by atoms with Crippen LogP contribution in [0.15, 0.2) is 4.99 Å². The zero-order valence-corrected chi connectivity index (χ0v) is 15.3. The van der Waals surface area contributed by atoms with Crippen molar-refractivity contribution in [1.29, 1.82) is 0 Å². The number of hydrogen-bond acceptors (Lipinski definition) is 4. The summed E-state index contributed by atoms with van der Waals surface area (Å²) in [6, 6.07) is 0. The van der Waals surface area contributed by atoms with Crippen LogP contribution in [0.2, 0.25) is 0 Å². The van der Waals surface area contributed by atoms with Crippen molar-refractivity contribution in [2.75, 3.05) is 58.7 Å². The molecule has 2 saturated heterocycles. The molecule has 1 N–H and O–H groups in total. The Balaban J connectivity index is 1.83. The molecule has 0 saturated carbocycles. The molecule has 0 aliphatic carbocycles. The van der Waals surface area contributed by atoms with Gasteiger partial charge in [0.25, 0.3) is 0 Å². The third-order valence-corrected chi connectivity index (χ3v) is 6.26. The first-order valence-electron chi connectivity index (χ1n) is 8.43. The lowest BCUT2D eigenvalue weighted by atomic mass is 9.92. The van der Waals surface area contributed by atoms with Gasteiger partial charge in [0.15, 0.2) is 5.96 Å². The first kappa shape index (κ1) is 18.5. The van der Waals surface area contributed by atoms with Gasteiger partial charge in [-0.15, -0.1) is 0 Å². The molecule has 134 valence electrons. The summed E-state index contributed by atoms with van der Waals surface area (Å²) in [5.74, 6) is 2.16. The first-order valence-corrected chi connectivity index (χ1v) is 10.0. The van der Waals surface area contributed by atoms with Crippen LogP contribution in [0, 0.1) is 11.8 Å². The zero-order chi connectivity index (χ0) is 16.9. The summed E-state index contributed by atoms with van der Waals surface area (Å²) in [6.45, 7) is 8.70. The molecule has 7 nitrogen and oxygen atoms in total. The molecule has 0 radical (unpaired) electrons. The first-order chi connectivity index (χ1) is 10.9. The number of piperidine rings is 1. The Morgan fingerprint density at radius 1 is 1.22 bits per heavy atom. The van der Waals surface area contributed by atoms with E-state index in [-0.39, 0.29) is 5.75 Å². The van der Waals surface area contributed by atoms with E-state index in [4.69, 9.17) is 4.74 Å². The second-order valence-corrected chi connectivity index (χ2v) is 8.74. The Labute approximate surface area is 140 Å². The second kappa shape index (κ2) is 8.30. The van der Waals surface area contributed by atoms with Gasteiger partial charge >= 0.3 is 0 Å². The number of likely N-dealkylation sites (tertiary alicyclic amines) is 1. The van der Waals surface area contributed by atoms with E-state index in [9.17, 15) is 8.42 Å². The number of ether oxygens (including phenoxy) is 1. The molecule has 2 rings (SSSR count). The molecule has 23 heavy (non-hydrogen) atoms. The maximum absolute atomic E-state index is 12.3.